The van der Waals surface area contributed by atoms with E-state index in [0.29, 0.717) is 11.3 Å². The first-order chi connectivity index (χ1) is 7.42. The van der Waals surface area contributed by atoms with Gasteiger partial charge in [0, 0.05) is 5.56 Å². The third kappa shape index (κ3) is 4.10. The lowest BCUT2D eigenvalue weighted by Gasteiger charge is -2.11. The SMILES string of the molecule is COc1cc(C)ccc1COCC(F)(F)F. The fourth-order valence-electron chi connectivity index (χ4n) is 1.25. The molecule has 1 aromatic rings. The van der Waals surface area contributed by atoms with Crippen molar-refractivity contribution in [2.45, 2.75) is 19.7 Å². The molecule has 0 heterocycles. The van der Waals surface area contributed by atoms with Crippen molar-refractivity contribution in [2.24, 2.45) is 0 Å². The van der Waals surface area contributed by atoms with Crippen LogP contribution in [0.5, 0.6) is 5.75 Å². The molecule has 0 aliphatic rings. The summed E-state index contributed by atoms with van der Waals surface area (Å²) in [7, 11) is 1.47. The van der Waals surface area contributed by atoms with Gasteiger partial charge in [-0.1, -0.05) is 12.1 Å². The maximum atomic E-state index is 11.8. The number of methoxy groups -OCH3 is 1. The van der Waals surface area contributed by atoms with Gasteiger partial charge in [-0.3, -0.25) is 0 Å². The average molecular weight is 234 g/mol. The fourth-order valence-corrected chi connectivity index (χ4v) is 1.25. The van der Waals surface area contributed by atoms with Gasteiger partial charge in [0.2, 0.25) is 0 Å². The molecule has 0 aliphatic carbocycles. The lowest BCUT2D eigenvalue weighted by atomic mass is 10.1. The lowest BCUT2D eigenvalue weighted by molar-refractivity contribution is -0.176. The van der Waals surface area contributed by atoms with Crippen LogP contribution in [0.3, 0.4) is 0 Å². The van der Waals surface area contributed by atoms with Gasteiger partial charge < -0.3 is 9.47 Å². The summed E-state index contributed by atoms with van der Waals surface area (Å²) >= 11 is 0. The molecule has 0 spiro atoms. The molecule has 0 atom stereocenters. The van der Waals surface area contributed by atoms with E-state index in [9.17, 15) is 13.2 Å². The number of aryl methyl sites for hydroxylation is 1. The first kappa shape index (κ1) is 12.8. The van der Waals surface area contributed by atoms with Crippen LogP contribution in [0.25, 0.3) is 0 Å². The van der Waals surface area contributed by atoms with E-state index in [-0.39, 0.29) is 6.61 Å². The topological polar surface area (TPSA) is 18.5 Å². The Morgan fingerprint density at radius 2 is 1.94 bits per heavy atom. The third-order valence-corrected chi connectivity index (χ3v) is 1.97. The second-order valence-electron chi connectivity index (χ2n) is 3.42. The summed E-state index contributed by atoms with van der Waals surface area (Å²) < 4.78 is 45.2. The second-order valence-corrected chi connectivity index (χ2v) is 3.42. The summed E-state index contributed by atoms with van der Waals surface area (Å²) in [4.78, 5) is 0. The van der Waals surface area contributed by atoms with Gasteiger partial charge in [0.05, 0.1) is 13.7 Å². The number of hydrogen-bond acceptors (Lipinski definition) is 2. The van der Waals surface area contributed by atoms with Crippen LogP contribution >= 0.6 is 0 Å². The molecule has 90 valence electrons. The van der Waals surface area contributed by atoms with Gasteiger partial charge in [0.15, 0.2) is 0 Å². The highest BCUT2D eigenvalue weighted by atomic mass is 19.4. The first-order valence-electron chi connectivity index (χ1n) is 4.70. The number of rotatable bonds is 4. The molecule has 0 aliphatic heterocycles. The summed E-state index contributed by atoms with van der Waals surface area (Å²) in [6.07, 6.45) is -4.29. The highest BCUT2D eigenvalue weighted by Crippen LogP contribution is 2.22. The molecule has 0 aromatic heterocycles. The third-order valence-electron chi connectivity index (χ3n) is 1.97. The number of hydrogen-bond donors (Lipinski definition) is 0. The van der Waals surface area contributed by atoms with Crippen LogP contribution in [0.4, 0.5) is 13.2 Å². The Bertz CT molecular complexity index is 348. The summed E-state index contributed by atoms with van der Waals surface area (Å²) in [5, 5.41) is 0. The van der Waals surface area contributed by atoms with E-state index in [4.69, 9.17) is 4.74 Å². The van der Waals surface area contributed by atoms with Gasteiger partial charge in [-0.2, -0.15) is 13.2 Å². The molecule has 0 saturated carbocycles. The number of alkyl halides is 3. The van der Waals surface area contributed by atoms with Crippen molar-refractivity contribution < 1.29 is 22.6 Å². The molecule has 0 N–H and O–H groups in total. The minimum Gasteiger partial charge on any atom is -0.496 e. The van der Waals surface area contributed by atoms with E-state index >= 15 is 0 Å². The Kier molecular flexibility index (Phi) is 4.18. The van der Waals surface area contributed by atoms with Gasteiger partial charge >= 0.3 is 6.18 Å². The Morgan fingerprint density at radius 1 is 1.25 bits per heavy atom. The van der Waals surface area contributed by atoms with Gasteiger partial charge in [0.25, 0.3) is 0 Å². The van der Waals surface area contributed by atoms with Gasteiger partial charge in [-0.15, -0.1) is 0 Å². The minimum atomic E-state index is -4.29. The Labute approximate surface area is 92.0 Å². The van der Waals surface area contributed by atoms with Gasteiger partial charge in [0.1, 0.15) is 12.4 Å². The predicted molar refractivity (Wildman–Crippen MR) is 53.4 cm³/mol. The monoisotopic (exact) mass is 234 g/mol. The van der Waals surface area contributed by atoms with Crippen molar-refractivity contribution in [1.29, 1.82) is 0 Å². The molecule has 2 nitrogen and oxygen atoms in total. The largest absolute Gasteiger partial charge is 0.496 e. The van der Waals surface area contributed by atoms with E-state index in [1.165, 1.54) is 7.11 Å². The molecular formula is C11H13F3O2. The first-order valence-corrected chi connectivity index (χ1v) is 4.70. The van der Waals surface area contributed by atoms with E-state index in [0.717, 1.165) is 5.56 Å². The van der Waals surface area contributed by atoms with Crippen LogP contribution in [0, 0.1) is 6.92 Å². The molecule has 0 bridgehead atoms. The number of halogens is 3. The average Bonchev–Trinajstić information content (AvgIpc) is 2.18. The van der Waals surface area contributed by atoms with Crippen LogP contribution < -0.4 is 4.74 Å². The van der Waals surface area contributed by atoms with Crippen LogP contribution in [0.15, 0.2) is 18.2 Å². The summed E-state index contributed by atoms with van der Waals surface area (Å²) in [6, 6.07) is 5.26. The molecule has 0 amide bonds. The lowest BCUT2D eigenvalue weighted by Crippen LogP contribution is -2.16. The van der Waals surface area contributed by atoms with Crippen molar-refractivity contribution in [3.8, 4) is 5.75 Å². The van der Waals surface area contributed by atoms with Crippen molar-refractivity contribution in [3.63, 3.8) is 0 Å². The van der Waals surface area contributed by atoms with Crippen molar-refractivity contribution >= 4 is 0 Å². The summed E-state index contributed by atoms with van der Waals surface area (Å²) in [6.45, 7) is 0.524. The smallest absolute Gasteiger partial charge is 0.411 e. The molecule has 0 unspecified atom stereocenters. The van der Waals surface area contributed by atoms with Crippen LogP contribution in [0.2, 0.25) is 0 Å². The maximum absolute atomic E-state index is 11.8. The van der Waals surface area contributed by atoms with E-state index in [2.05, 4.69) is 4.74 Å². The molecule has 0 radical (unpaired) electrons. The fraction of sp³-hybridized carbons (Fsp3) is 0.455. The van der Waals surface area contributed by atoms with Gasteiger partial charge in [-0.25, -0.2) is 0 Å². The summed E-state index contributed by atoms with van der Waals surface area (Å²) in [5.41, 5.74) is 1.59. The summed E-state index contributed by atoms with van der Waals surface area (Å²) in [5.74, 6) is 0.544. The van der Waals surface area contributed by atoms with Crippen molar-refractivity contribution in [2.75, 3.05) is 13.7 Å². The quantitative estimate of drug-likeness (QED) is 0.797. The Hall–Kier alpha value is -1.23. The van der Waals surface area contributed by atoms with Crippen molar-refractivity contribution in [1.82, 2.24) is 0 Å². The molecule has 1 rings (SSSR count). The van der Waals surface area contributed by atoms with Gasteiger partial charge in [-0.05, 0) is 18.6 Å². The van der Waals surface area contributed by atoms with Crippen molar-refractivity contribution in [3.05, 3.63) is 29.3 Å². The van der Waals surface area contributed by atoms with Crippen LogP contribution in [-0.2, 0) is 11.3 Å². The molecule has 0 saturated heterocycles. The van der Waals surface area contributed by atoms with E-state index < -0.39 is 12.8 Å². The zero-order valence-electron chi connectivity index (χ0n) is 9.10. The number of benzene rings is 1. The van der Waals surface area contributed by atoms with Crippen LogP contribution in [-0.4, -0.2) is 19.9 Å². The maximum Gasteiger partial charge on any atom is 0.411 e. The molecular weight excluding hydrogens is 221 g/mol. The molecule has 16 heavy (non-hydrogen) atoms. The number of ether oxygens (including phenoxy) is 2. The second kappa shape index (κ2) is 5.21. The van der Waals surface area contributed by atoms with E-state index in [1.807, 2.05) is 6.92 Å². The van der Waals surface area contributed by atoms with Crippen LogP contribution in [0.1, 0.15) is 11.1 Å². The molecule has 1 aromatic carbocycles. The molecule has 0 fully saturated rings. The minimum absolute atomic E-state index is 0.108. The highest BCUT2D eigenvalue weighted by molar-refractivity contribution is 5.36. The predicted octanol–water partition coefficient (Wildman–Crippen LogP) is 3.08. The zero-order valence-corrected chi connectivity index (χ0v) is 9.10. The zero-order chi connectivity index (χ0) is 12.2. The molecule has 5 heteroatoms. The van der Waals surface area contributed by atoms with E-state index in [1.54, 1.807) is 18.2 Å². The Balaban J connectivity index is 2.60. The highest BCUT2D eigenvalue weighted by Gasteiger charge is 2.27. The standard InChI is InChI=1S/C11H13F3O2/c1-8-3-4-9(10(5-8)15-2)6-16-7-11(12,13)14/h3-5H,6-7H2,1-2H3. The normalized spacial score (nSPS) is 11.6. The Morgan fingerprint density at radius 3 is 2.50 bits per heavy atom.